The highest BCUT2D eigenvalue weighted by atomic mass is 32.1. The van der Waals surface area contributed by atoms with Crippen LogP contribution in [0, 0.1) is 0 Å². The second-order valence-corrected chi connectivity index (χ2v) is 6.78. The van der Waals surface area contributed by atoms with Crippen molar-refractivity contribution >= 4 is 33.2 Å². The Hall–Kier alpha value is -2.40. The SMILES string of the molecule is CC(C(=O)N1CCc2ccccc21)n1sc2ccccc2c1=O. The van der Waals surface area contributed by atoms with Crippen LogP contribution in [0.1, 0.15) is 18.5 Å². The van der Waals surface area contributed by atoms with Crippen LogP contribution in [0.2, 0.25) is 0 Å². The minimum absolute atomic E-state index is 0.0244. The predicted octanol–water partition coefficient (Wildman–Crippen LogP) is 3.21. The topological polar surface area (TPSA) is 42.3 Å². The molecule has 0 fully saturated rings. The van der Waals surface area contributed by atoms with E-state index in [0.29, 0.717) is 11.9 Å². The van der Waals surface area contributed by atoms with Crippen molar-refractivity contribution in [2.24, 2.45) is 0 Å². The summed E-state index contributed by atoms with van der Waals surface area (Å²) in [4.78, 5) is 27.3. The smallest absolute Gasteiger partial charge is 0.269 e. The lowest BCUT2D eigenvalue weighted by atomic mass is 10.2. The van der Waals surface area contributed by atoms with Gasteiger partial charge in [0.1, 0.15) is 6.04 Å². The van der Waals surface area contributed by atoms with Gasteiger partial charge in [0.25, 0.3) is 11.5 Å². The standard InChI is InChI=1S/C18H16N2O2S/c1-12(20-18(22)14-7-3-5-9-16(14)23-20)17(21)19-11-10-13-6-2-4-8-15(13)19/h2-9,12H,10-11H2,1H3. The zero-order valence-electron chi connectivity index (χ0n) is 12.7. The Kier molecular flexibility index (Phi) is 3.31. The fourth-order valence-electron chi connectivity index (χ4n) is 3.14. The summed E-state index contributed by atoms with van der Waals surface area (Å²) in [6.45, 7) is 2.49. The molecule has 1 aliphatic heterocycles. The van der Waals surface area contributed by atoms with Gasteiger partial charge in [-0.3, -0.25) is 13.5 Å². The Labute approximate surface area is 137 Å². The Morgan fingerprint density at radius 2 is 1.87 bits per heavy atom. The van der Waals surface area contributed by atoms with E-state index >= 15 is 0 Å². The van der Waals surface area contributed by atoms with E-state index in [-0.39, 0.29) is 11.5 Å². The van der Waals surface area contributed by atoms with Gasteiger partial charge in [0.15, 0.2) is 0 Å². The molecule has 4 rings (SSSR count). The van der Waals surface area contributed by atoms with Crippen LogP contribution in [-0.4, -0.2) is 16.4 Å². The van der Waals surface area contributed by atoms with Gasteiger partial charge in [-0.2, -0.15) is 0 Å². The summed E-state index contributed by atoms with van der Waals surface area (Å²) in [7, 11) is 0. The van der Waals surface area contributed by atoms with Crippen LogP contribution in [-0.2, 0) is 11.2 Å². The molecule has 1 aromatic heterocycles. The fourth-order valence-corrected chi connectivity index (χ4v) is 4.17. The number of nitrogens with zero attached hydrogens (tertiary/aromatic N) is 2. The molecule has 0 N–H and O–H groups in total. The summed E-state index contributed by atoms with van der Waals surface area (Å²) < 4.78 is 2.51. The average Bonchev–Trinajstić information content (AvgIpc) is 3.16. The van der Waals surface area contributed by atoms with E-state index in [9.17, 15) is 9.59 Å². The van der Waals surface area contributed by atoms with Crippen molar-refractivity contribution in [2.45, 2.75) is 19.4 Å². The lowest BCUT2D eigenvalue weighted by Gasteiger charge is -2.21. The van der Waals surface area contributed by atoms with E-state index < -0.39 is 6.04 Å². The Balaban J connectivity index is 1.71. The number of anilines is 1. The van der Waals surface area contributed by atoms with Gasteiger partial charge in [0.05, 0.1) is 10.1 Å². The molecule has 0 saturated carbocycles. The summed E-state index contributed by atoms with van der Waals surface area (Å²) in [6.07, 6.45) is 0.871. The molecule has 0 spiro atoms. The summed E-state index contributed by atoms with van der Waals surface area (Å²) in [5.74, 6) is -0.0244. The molecule has 2 heterocycles. The van der Waals surface area contributed by atoms with E-state index in [0.717, 1.165) is 16.8 Å². The molecule has 116 valence electrons. The molecular weight excluding hydrogens is 308 g/mol. The Bertz CT molecular complexity index is 957. The number of rotatable bonds is 2. The van der Waals surface area contributed by atoms with Gasteiger partial charge in [0.2, 0.25) is 0 Å². The van der Waals surface area contributed by atoms with Crippen molar-refractivity contribution in [3.05, 3.63) is 64.4 Å². The first-order valence-corrected chi connectivity index (χ1v) is 8.44. The monoisotopic (exact) mass is 324 g/mol. The van der Waals surface area contributed by atoms with E-state index in [1.807, 2.05) is 42.5 Å². The average molecular weight is 324 g/mol. The summed E-state index contributed by atoms with van der Waals surface area (Å²) in [5, 5.41) is 0.680. The first-order chi connectivity index (χ1) is 11.2. The highest BCUT2D eigenvalue weighted by molar-refractivity contribution is 7.14. The molecular formula is C18H16N2O2S. The molecule has 1 aliphatic rings. The molecule has 3 aromatic rings. The zero-order valence-corrected chi connectivity index (χ0v) is 13.5. The van der Waals surface area contributed by atoms with Crippen molar-refractivity contribution in [3.8, 4) is 0 Å². The lowest BCUT2D eigenvalue weighted by Crippen LogP contribution is -2.36. The third-order valence-corrected chi connectivity index (χ3v) is 5.61. The van der Waals surface area contributed by atoms with Crippen molar-refractivity contribution in [1.29, 1.82) is 0 Å². The fraction of sp³-hybridized carbons (Fsp3) is 0.222. The number of para-hydroxylation sites is 1. The summed E-state index contributed by atoms with van der Waals surface area (Å²) in [5.41, 5.74) is 2.08. The lowest BCUT2D eigenvalue weighted by molar-refractivity contribution is -0.121. The van der Waals surface area contributed by atoms with Crippen molar-refractivity contribution < 1.29 is 4.79 Å². The number of hydrogen-bond donors (Lipinski definition) is 0. The van der Waals surface area contributed by atoms with Gasteiger partial charge in [-0.15, -0.1) is 0 Å². The van der Waals surface area contributed by atoms with Gasteiger partial charge in [0, 0.05) is 12.2 Å². The van der Waals surface area contributed by atoms with E-state index in [2.05, 4.69) is 6.07 Å². The predicted molar refractivity (Wildman–Crippen MR) is 93.3 cm³/mol. The molecule has 1 unspecified atom stereocenters. The van der Waals surface area contributed by atoms with Gasteiger partial charge in [-0.05, 0) is 37.1 Å². The van der Waals surface area contributed by atoms with Gasteiger partial charge >= 0.3 is 0 Å². The van der Waals surface area contributed by atoms with Crippen LogP contribution >= 0.6 is 11.5 Å². The molecule has 4 nitrogen and oxygen atoms in total. The zero-order chi connectivity index (χ0) is 16.0. The largest absolute Gasteiger partial charge is 0.310 e. The molecule has 1 atom stereocenters. The van der Waals surface area contributed by atoms with Gasteiger partial charge in [-0.25, -0.2) is 0 Å². The van der Waals surface area contributed by atoms with Crippen LogP contribution < -0.4 is 10.5 Å². The second kappa shape index (κ2) is 5.35. The van der Waals surface area contributed by atoms with Crippen LogP contribution in [0.4, 0.5) is 5.69 Å². The molecule has 0 aliphatic carbocycles. The number of carbonyl (C=O) groups excluding carboxylic acids is 1. The number of fused-ring (bicyclic) bond motifs is 2. The molecule has 23 heavy (non-hydrogen) atoms. The van der Waals surface area contributed by atoms with E-state index in [4.69, 9.17) is 0 Å². The number of amides is 1. The van der Waals surface area contributed by atoms with E-state index in [1.165, 1.54) is 17.1 Å². The molecule has 0 radical (unpaired) electrons. The van der Waals surface area contributed by atoms with Crippen LogP contribution in [0.25, 0.3) is 10.1 Å². The van der Waals surface area contributed by atoms with Gasteiger partial charge < -0.3 is 4.90 Å². The van der Waals surface area contributed by atoms with Crippen LogP contribution in [0.15, 0.2) is 53.3 Å². The molecule has 0 saturated heterocycles. The maximum Gasteiger partial charge on any atom is 0.269 e. The third-order valence-electron chi connectivity index (χ3n) is 4.38. The highest BCUT2D eigenvalue weighted by Crippen LogP contribution is 2.30. The number of hydrogen-bond acceptors (Lipinski definition) is 3. The minimum Gasteiger partial charge on any atom is -0.310 e. The van der Waals surface area contributed by atoms with Crippen molar-refractivity contribution in [2.75, 3.05) is 11.4 Å². The van der Waals surface area contributed by atoms with Crippen LogP contribution in [0.3, 0.4) is 0 Å². The quantitative estimate of drug-likeness (QED) is 0.726. The Morgan fingerprint density at radius 3 is 2.70 bits per heavy atom. The third kappa shape index (κ3) is 2.19. The maximum absolute atomic E-state index is 12.9. The minimum atomic E-state index is -0.494. The normalized spacial score (nSPS) is 14.9. The Morgan fingerprint density at radius 1 is 1.13 bits per heavy atom. The molecule has 1 amide bonds. The first-order valence-electron chi connectivity index (χ1n) is 7.66. The van der Waals surface area contributed by atoms with Gasteiger partial charge in [-0.1, -0.05) is 41.9 Å². The number of carbonyl (C=O) groups is 1. The second-order valence-electron chi connectivity index (χ2n) is 5.76. The van der Waals surface area contributed by atoms with Crippen molar-refractivity contribution in [1.82, 2.24) is 3.96 Å². The van der Waals surface area contributed by atoms with Crippen LogP contribution in [0.5, 0.6) is 0 Å². The number of aromatic nitrogens is 1. The molecule has 2 aromatic carbocycles. The van der Waals surface area contributed by atoms with E-state index in [1.54, 1.807) is 15.8 Å². The molecule has 5 heteroatoms. The van der Waals surface area contributed by atoms with Crippen molar-refractivity contribution in [3.63, 3.8) is 0 Å². The number of benzene rings is 2. The highest BCUT2D eigenvalue weighted by Gasteiger charge is 2.29. The summed E-state index contributed by atoms with van der Waals surface area (Å²) in [6, 6.07) is 15.0. The summed E-state index contributed by atoms with van der Waals surface area (Å²) >= 11 is 1.36. The maximum atomic E-state index is 12.9. The molecule has 0 bridgehead atoms. The first kappa shape index (κ1) is 14.2.